The van der Waals surface area contributed by atoms with E-state index < -0.39 is 10.0 Å². The van der Waals surface area contributed by atoms with Gasteiger partial charge in [0.1, 0.15) is 10.7 Å². The summed E-state index contributed by atoms with van der Waals surface area (Å²) in [6, 6.07) is 1.61. The minimum atomic E-state index is -3.52. The first-order chi connectivity index (χ1) is 9.47. The van der Waals surface area contributed by atoms with Gasteiger partial charge in [0.25, 0.3) is 0 Å². The fraction of sp³-hybridized carbons (Fsp3) is 0.615. The number of anilines is 1. The van der Waals surface area contributed by atoms with E-state index >= 15 is 0 Å². The Labute approximate surface area is 130 Å². The lowest BCUT2D eigenvalue weighted by atomic mass is 10.4. The minimum absolute atomic E-state index is 0.232. The molecule has 1 N–H and O–H groups in total. The van der Waals surface area contributed by atoms with E-state index in [9.17, 15) is 8.42 Å². The van der Waals surface area contributed by atoms with Crippen LogP contribution in [-0.4, -0.2) is 37.3 Å². The third-order valence-corrected chi connectivity index (χ3v) is 5.23. The first-order valence-corrected chi connectivity index (χ1v) is 9.10. The van der Waals surface area contributed by atoms with Gasteiger partial charge in [0, 0.05) is 30.3 Å². The number of pyridine rings is 1. The quantitative estimate of drug-likeness (QED) is 0.770. The molecule has 7 heteroatoms. The summed E-state index contributed by atoms with van der Waals surface area (Å²) in [7, 11) is -3.52. The number of halogens is 1. The van der Waals surface area contributed by atoms with Crippen LogP contribution < -0.4 is 5.32 Å². The summed E-state index contributed by atoms with van der Waals surface area (Å²) < 4.78 is 27.6. The first kappa shape index (κ1) is 17.4. The molecule has 1 aromatic rings. The van der Waals surface area contributed by atoms with E-state index in [4.69, 9.17) is 0 Å². The van der Waals surface area contributed by atoms with Crippen molar-refractivity contribution in [1.82, 2.24) is 9.29 Å². The molecule has 0 unspecified atom stereocenters. The second kappa shape index (κ2) is 7.95. The Morgan fingerprint density at radius 2 is 2.00 bits per heavy atom. The van der Waals surface area contributed by atoms with Gasteiger partial charge in [0.15, 0.2) is 0 Å². The smallest absolute Gasteiger partial charge is 0.246 e. The lowest BCUT2D eigenvalue weighted by Gasteiger charge is -2.21. The number of hydrogen-bond acceptors (Lipinski definition) is 4. The van der Waals surface area contributed by atoms with Crippen LogP contribution in [0.25, 0.3) is 0 Å². The van der Waals surface area contributed by atoms with E-state index in [0.717, 1.165) is 12.8 Å². The van der Waals surface area contributed by atoms with Gasteiger partial charge >= 0.3 is 0 Å². The van der Waals surface area contributed by atoms with E-state index in [-0.39, 0.29) is 4.90 Å². The van der Waals surface area contributed by atoms with Crippen molar-refractivity contribution >= 4 is 31.8 Å². The summed E-state index contributed by atoms with van der Waals surface area (Å²) in [4.78, 5) is 4.43. The molecule has 0 fully saturated rings. The molecule has 1 heterocycles. The zero-order chi connectivity index (χ0) is 15.2. The zero-order valence-corrected chi connectivity index (χ0v) is 14.6. The molecule has 1 aromatic heterocycles. The SMILES string of the molecule is CCCNc1ncc(Br)cc1S(=O)(=O)N(CC)CCC. The number of sulfonamides is 1. The van der Waals surface area contributed by atoms with Gasteiger partial charge in [-0.1, -0.05) is 20.8 Å². The van der Waals surface area contributed by atoms with Crippen LogP contribution in [0.15, 0.2) is 21.6 Å². The van der Waals surface area contributed by atoms with E-state index in [0.29, 0.717) is 29.9 Å². The third kappa shape index (κ3) is 4.17. The topological polar surface area (TPSA) is 62.3 Å². The van der Waals surface area contributed by atoms with E-state index in [1.807, 2.05) is 20.8 Å². The number of rotatable bonds is 8. The predicted molar refractivity (Wildman–Crippen MR) is 85.4 cm³/mol. The molecular formula is C13H22BrN3O2S. The van der Waals surface area contributed by atoms with Crippen molar-refractivity contribution in [1.29, 1.82) is 0 Å². The second-order valence-corrected chi connectivity index (χ2v) is 7.25. The fourth-order valence-electron chi connectivity index (χ4n) is 1.83. The van der Waals surface area contributed by atoms with E-state index in [2.05, 4.69) is 26.2 Å². The molecule has 0 amide bonds. The Morgan fingerprint density at radius 3 is 2.55 bits per heavy atom. The largest absolute Gasteiger partial charge is 0.369 e. The summed E-state index contributed by atoms with van der Waals surface area (Å²) in [6.07, 6.45) is 3.29. The number of nitrogens with one attached hydrogen (secondary N) is 1. The molecule has 0 spiro atoms. The summed E-state index contributed by atoms with van der Waals surface area (Å²) in [5.74, 6) is 0.421. The average Bonchev–Trinajstić information content (AvgIpc) is 2.43. The van der Waals surface area contributed by atoms with Crippen LogP contribution in [0.1, 0.15) is 33.6 Å². The normalized spacial score (nSPS) is 11.8. The Kier molecular flexibility index (Phi) is 6.91. The molecule has 0 saturated carbocycles. The minimum Gasteiger partial charge on any atom is -0.369 e. The van der Waals surface area contributed by atoms with Crippen molar-refractivity contribution < 1.29 is 8.42 Å². The van der Waals surface area contributed by atoms with Crippen LogP contribution in [0.2, 0.25) is 0 Å². The Bertz CT molecular complexity index is 534. The lowest BCUT2D eigenvalue weighted by Crippen LogP contribution is -2.32. The van der Waals surface area contributed by atoms with Crippen molar-refractivity contribution in [3.8, 4) is 0 Å². The maximum atomic E-state index is 12.7. The van der Waals surface area contributed by atoms with Crippen molar-refractivity contribution in [2.45, 2.75) is 38.5 Å². The summed E-state index contributed by atoms with van der Waals surface area (Å²) >= 11 is 3.29. The van der Waals surface area contributed by atoms with Crippen LogP contribution in [-0.2, 0) is 10.0 Å². The average molecular weight is 364 g/mol. The Hall–Kier alpha value is -0.660. The molecule has 0 saturated heterocycles. The Morgan fingerprint density at radius 1 is 1.30 bits per heavy atom. The van der Waals surface area contributed by atoms with Crippen molar-refractivity contribution in [3.05, 3.63) is 16.7 Å². The van der Waals surface area contributed by atoms with E-state index in [1.54, 1.807) is 12.3 Å². The van der Waals surface area contributed by atoms with Crippen LogP contribution in [0.5, 0.6) is 0 Å². The van der Waals surface area contributed by atoms with Crippen LogP contribution in [0.4, 0.5) is 5.82 Å². The molecule has 0 aliphatic heterocycles. The maximum absolute atomic E-state index is 12.7. The van der Waals surface area contributed by atoms with Crippen molar-refractivity contribution in [3.63, 3.8) is 0 Å². The van der Waals surface area contributed by atoms with Crippen molar-refractivity contribution in [2.24, 2.45) is 0 Å². The van der Waals surface area contributed by atoms with Crippen LogP contribution >= 0.6 is 15.9 Å². The predicted octanol–water partition coefficient (Wildman–Crippen LogP) is 3.09. The highest BCUT2D eigenvalue weighted by molar-refractivity contribution is 9.10. The zero-order valence-electron chi connectivity index (χ0n) is 12.2. The molecule has 0 atom stereocenters. The molecule has 0 aliphatic rings. The summed E-state index contributed by atoms with van der Waals surface area (Å²) in [5.41, 5.74) is 0. The van der Waals surface area contributed by atoms with Gasteiger partial charge in [-0.05, 0) is 34.8 Å². The third-order valence-electron chi connectivity index (χ3n) is 2.81. The highest BCUT2D eigenvalue weighted by atomic mass is 79.9. The molecule has 0 aromatic carbocycles. The molecule has 114 valence electrons. The fourth-order valence-corrected chi connectivity index (χ4v) is 4.00. The van der Waals surface area contributed by atoms with Crippen molar-refractivity contribution in [2.75, 3.05) is 25.0 Å². The summed E-state index contributed by atoms with van der Waals surface area (Å²) in [5, 5.41) is 3.08. The molecule has 5 nitrogen and oxygen atoms in total. The van der Waals surface area contributed by atoms with Gasteiger partial charge < -0.3 is 5.32 Å². The Balaban J connectivity index is 3.24. The standard InChI is InChI=1S/C13H22BrN3O2S/c1-4-7-15-13-12(9-11(14)10-16-13)20(18,19)17(6-3)8-5-2/h9-10H,4-8H2,1-3H3,(H,15,16). The van der Waals surface area contributed by atoms with E-state index in [1.165, 1.54) is 4.31 Å². The molecular weight excluding hydrogens is 342 g/mol. The molecule has 0 bridgehead atoms. The lowest BCUT2D eigenvalue weighted by molar-refractivity contribution is 0.427. The number of aromatic nitrogens is 1. The molecule has 0 aliphatic carbocycles. The first-order valence-electron chi connectivity index (χ1n) is 6.86. The summed E-state index contributed by atoms with van der Waals surface area (Å²) in [6.45, 7) is 7.49. The van der Waals surface area contributed by atoms with Crippen LogP contribution in [0.3, 0.4) is 0 Å². The molecule has 0 radical (unpaired) electrons. The van der Waals surface area contributed by atoms with Gasteiger partial charge in [0.05, 0.1) is 0 Å². The second-order valence-electron chi connectivity index (χ2n) is 4.42. The van der Waals surface area contributed by atoms with Gasteiger partial charge in [0.2, 0.25) is 10.0 Å². The highest BCUT2D eigenvalue weighted by Gasteiger charge is 2.26. The monoisotopic (exact) mass is 363 g/mol. The molecule has 1 rings (SSSR count). The number of nitrogens with zero attached hydrogens (tertiary/aromatic N) is 2. The van der Waals surface area contributed by atoms with Gasteiger partial charge in [-0.2, -0.15) is 4.31 Å². The van der Waals surface area contributed by atoms with Crippen LogP contribution in [0, 0.1) is 0 Å². The van der Waals surface area contributed by atoms with Gasteiger partial charge in [-0.15, -0.1) is 0 Å². The maximum Gasteiger partial charge on any atom is 0.246 e. The van der Waals surface area contributed by atoms with Gasteiger partial charge in [-0.3, -0.25) is 0 Å². The molecule has 20 heavy (non-hydrogen) atoms. The highest BCUT2D eigenvalue weighted by Crippen LogP contribution is 2.26. The number of hydrogen-bond donors (Lipinski definition) is 1. The van der Waals surface area contributed by atoms with Gasteiger partial charge in [-0.25, -0.2) is 13.4 Å².